The molecule has 1 aromatic heterocycles. The third-order valence-corrected chi connectivity index (χ3v) is 12.6. The van der Waals surface area contributed by atoms with E-state index >= 15 is 0 Å². The molecule has 13 nitrogen and oxygen atoms in total. The number of benzene rings is 4. The molecule has 6 rings (SSSR count). The molecule has 0 radical (unpaired) electrons. The largest absolute Gasteiger partial charge is 0.497 e. The molecule has 2 heterocycles. The summed E-state index contributed by atoms with van der Waals surface area (Å²) in [6.07, 6.45) is 0.586. The molecular weight excluding hydrogens is 792 g/mol. The second-order valence-electron chi connectivity index (χ2n) is 15.8. The Labute approximate surface area is 360 Å². The molecule has 4 atom stereocenters. The lowest BCUT2D eigenvalue weighted by atomic mass is 9.80. The zero-order valence-electron chi connectivity index (χ0n) is 36.5. The summed E-state index contributed by atoms with van der Waals surface area (Å²) in [4.78, 5) is 26.7. The fourth-order valence-electron chi connectivity index (χ4n) is 7.81. The maximum Gasteiger partial charge on any atom is 0.347 e. The van der Waals surface area contributed by atoms with Gasteiger partial charge in [0.05, 0.1) is 64.0 Å². The van der Waals surface area contributed by atoms with Gasteiger partial charge in [-0.15, -0.1) is 0 Å². The maximum absolute atomic E-state index is 13.1. The monoisotopic (exact) mass is 848 g/mol. The summed E-state index contributed by atoms with van der Waals surface area (Å²) in [6.45, 7) is 10.8. The van der Waals surface area contributed by atoms with Crippen molar-refractivity contribution >= 4 is 31.6 Å². The second-order valence-corrected chi connectivity index (χ2v) is 17.2. The number of aliphatic imine (C=N–C) groups is 1. The number of methoxy groups -OCH3 is 2. The summed E-state index contributed by atoms with van der Waals surface area (Å²) in [7, 11) is 5.35. The third-order valence-electron chi connectivity index (χ3n) is 10.5. The molecule has 1 N–H and O–H groups in total. The van der Waals surface area contributed by atoms with Gasteiger partial charge in [-0.1, -0.05) is 60.7 Å². The topological polar surface area (TPSA) is 144 Å². The number of H-pyrrole nitrogens is 1. The number of nitrogens with one attached hydrogen (secondary N) is 1. The highest BCUT2D eigenvalue weighted by Crippen LogP contribution is 2.52. The molecule has 0 aliphatic carbocycles. The normalized spacial score (nSPS) is 17.4. The van der Waals surface area contributed by atoms with Gasteiger partial charge in [-0.2, -0.15) is 10.2 Å². The number of rotatable bonds is 19. The minimum absolute atomic E-state index is 0.0799. The van der Waals surface area contributed by atoms with Crippen molar-refractivity contribution < 1.29 is 28.0 Å². The van der Waals surface area contributed by atoms with Crippen LogP contribution < -0.4 is 15.2 Å². The highest BCUT2D eigenvalue weighted by Gasteiger charge is 2.45. The van der Waals surface area contributed by atoms with E-state index in [1.807, 2.05) is 99.9 Å². The van der Waals surface area contributed by atoms with E-state index in [9.17, 15) is 10.1 Å². The molecular formula is C47H57N6O7P. The lowest BCUT2D eigenvalue weighted by Crippen LogP contribution is -2.39. The zero-order chi connectivity index (χ0) is 43.7. The molecule has 5 aromatic rings. The van der Waals surface area contributed by atoms with Gasteiger partial charge in [-0.25, -0.2) is 14.5 Å². The Kier molecular flexibility index (Phi) is 15.3. The van der Waals surface area contributed by atoms with Gasteiger partial charge in [0.15, 0.2) is 5.82 Å². The predicted octanol–water partition coefficient (Wildman–Crippen LogP) is 8.97. The smallest absolute Gasteiger partial charge is 0.347 e. The molecule has 0 spiro atoms. The molecule has 1 aliphatic heterocycles. The standard InChI is InChI=1S/C47H57N6O7P/c1-31(2)53(32(3)4)61(58-25-13-24-48)60-42-28-41(39-26-33(5)27-40-44(39)50-46(54)51-45(40)49-30-52(6)7)59-43(42)29-57-47(34-14-11-10-12-15-34,35-16-20-37(55-8)21-17-35)36-18-22-38(56-9)23-19-36/h10-12,14-23,26-27,30-32,41-43H,13,25,28-29H2,1-9H3,(H,50,51,54)/t41-,42+,43-,61?/m1/s1. The van der Waals surface area contributed by atoms with Crippen LogP contribution >= 0.6 is 8.53 Å². The van der Waals surface area contributed by atoms with Crippen molar-refractivity contribution in [3.05, 3.63) is 129 Å². The summed E-state index contributed by atoms with van der Waals surface area (Å²) in [6, 6.07) is 32.3. The Bertz CT molecular complexity index is 2280. The maximum atomic E-state index is 13.1. The molecule has 1 saturated heterocycles. The van der Waals surface area contributed by atoms with Crippen molar-refractivity contribution in [1.82, 2.24) is 19.5 Å². The Balaban J connectivity index is 1.49. The van der Waals surface area contributed by atoms with Crippen LogP contribution in [0.15, 0.2) is 101 Å². The van der Waals surface area contributed by atoms with E-state index in [2.05, 4.69) is 65.5 Å². The number of nitriles is 1. The van der Waals surface area contributed by atoms with Gasteiger partial charge >= 0.3 is 5.69 Å². The molecule has 0 amide bonds. The first-order valence-corrected chi connectivity index (χ1v) is 21.7. The first kappa shape index (κ1) is 45.3. The predicted molar refractivity (Wildman–Crippen MR) is 240 cm³/mol. The van der Waals surface area contributed by atoms with Gasteiger partial charge < -0.3 is 37.9 Å². The van der Waals surface area contributed by atoms with Crippen LogP contribution in [0.1, 0.15) is 74.5 Å². The van der Waals surface area contributed by atoms with Crippen LogP contribution in [0.4, 0.5) is 5.82 Å². The molecule has 14 heteroatoms. The van der Waals surface area contributed by atoms with Crippen LogP contribution in [0.25, 0.3) is 10.9 Å². The number of hydrogen-bond donors (Lipinski definition) is 1. The molecule has 4 aromatic carbocycles. The van der Waals surface area contributed by atoms with Crippen LogP contribution in [0.5, 0.6) is 11.5 Å². The van der Waals surface area contributed by atoms with Gasteiger partial charge in [0.1, 0.15) is 23.2 Å². The van der Waals surface area contributed by atoms with Gasteiger partial charge in [0.2, 0.25) is 0 Å². The van der Waals surface area contributed by atoms with Gasteiger partial charge in [0.25, 0.3) is 8.53 Å². The van der Waals surface area contributed by atoms with Crippen molar-refractivity contribution in [2.75, 3.05) is 41.5 Å². The van der Waals surface area contributed by atoms with Crippen LogP contribution in [-0.2, 0) is 24.1 Å². The Morgan fingerprint density at radius 2 is 1.56 bits per heavy atom. The summed E-state index contributed by atoms with van der Waals surface area (Å²) in [5.41, 5.74) is 3.36. The summed E-state index contributed by atoms with van der Waals surface area (Å²) >= 11 is 0. The van der Waals surface area contributed by atoms with Crippen molar-refractivity contribution in [3.8, 4) is 17.6 Å². The number of nitrogens with zero attached hydrogens (tertiary/aromatic N) is 5. The summed E-state index contributed by atoms with van der Waals surface area (Å²) in [5.74, 6) is 1.75. The fourth-order valence-corrected chi connectivity index (χ4v) is 9.57. The number of ether oxygens (including phenoxy) is 4. The van der Waals surface area contributed by atoms with E-state index in [1.165, 1.54) is 0 Å². The first-order valence-electron chi connectivity index (χ1n) is 20.5. The van der Waals surface area contributed by atoms with Gasteiger partial charge in [-0.05, 0) is 87.2 Å². The summed E-state index contributed by atoms with van der Waals surface area (Å²) in [5, 5.41) is 10.1. The van der Waals surface area contributed by atoms with E-state index < -0.39 is 38.1 Å². The highest BCUT2D eigenvalue weighted by molar-refractivity contribution is 7.44. The van der Waals surface area contributed by atoms with Crippen LogP contribution in [0.3, 0.4) is 0 Å². The molecule has 0 saturated carbocycles. The van der Waals surface area contributed by atoms with Crippen molar-refractivity contribution in [2.45, 2.75) is 83.5 Å². The number of aromatic amines is 1. The molecule has 1 aliphatic rings. The minimum atomic E-state index is -1.66. The van der Waals surface area contributed by atoms with Gasteiger partial charge in [0, 0.05) is 43.5 Å². The lowest BCUT2D eigenvalue weighted by Gasteiger charge is -2.39. The quantitative estimate of drug-likeness (QED) is 0.0280. The number of fused-ring (bicyclic) bond motifs is 1. The summed E-state index contributed by atoms with van der Waals surface area (Å²) < 4.78 is 41.4. The van der Waals surface area contributed by atoms with Crippen LogP contribution in [-0.4, -0.2) is 91.7 Å². The van der Waals surface area contributed by atoms with Crippen LogP contribution in [0.2, 0.25) is 0 Å². The number of aromatic nitrogens is 2. The molecule has 1 unspecified atom stereocenters. The first-order chi connectivity index (χ1) is 29.4. The van der Waals surface area contributed by atoms with Crippen molar-refractivity contribution in [2.24, 2.45) is 4.99 Å². The Morgan fingerprint density at radius 1 is 0.951 bits per heavy atom. The molecule has 322 valence electrons. The number of aryl methyl sites for hydroxylation is 1. The molecule has 1 fully saturated rings. The van der Waals surface area contributed by atoms with Crippen LogP contribution in [0, 0.1) is 18.3 Å². The SMILES string of the molecule is COc1ccc(C(OC[C@H]2O[C@@H](c3cc(C)cc4c(N=CN(C)C)nc(=O)[nH]c34)C[C@@H]2OP(OCCC#N)N(C(C)C)C(C)C)(c2ccccc2)c2ccc(OC)cc2)cc1. The Hall–Kier alpha value is -5.19. The average molecular weight is 849 g/mol. The van der Waals surface area contributed by atoms with Crippen molar-refractivity contribution in [3.63, 3.8) is 0 Å². The average Bonchev–Trinajstić information content (AvgIpc) is 3.65. The Morgan fingerprint density at radius 3 is 2.11 bits per heavy atom. The highest BCUT2D eigenvalue weighted by atomic mass is 31.2. The lowest BCUT2D eigenvalue weighted by molar-refractivity contribution is -0.0805. The van der Waals surface area contributed by atoms with E-state index in [4.69, 9.17) is 28.0 Å². The van der Waals surface area contributed by atoms with Crippen molar-refractivity contribution in [1.29, 1.82) is 5.26 Å². The fraction of sp³-hybridized carbons (Fsp3) is 0.404. The minimum Gasteiger partial charge on any atom is -0.497 e. The second kappa shape index (κ2) is 20.6. The van der Waals surface area contributed by atoms with E-state index in [0.29, 0.717) is 23.1 Å². The molecule has 61 heavy (non-hydrogen) atoms. The van der Waals surface area contributed by atoms with E-state index in [-0.39, 0.29) is 31.7 Å². The van der Waals surface area contributed by atoms with E-state index in [0.717, 1.165) is 39.3 Å². The molecule has 0 bridgehead atoms. The zero-order valence-corrected chi connectivity index (χ0v) is 37.4. The van der Waals surface area contributed by atoms with Gasteiger partial charge in [-0.3, -0.25) is 0 Å². The number of hydrogen-bond acceptors (Lipinski definition) is 11. The van der Waals surface area contributed by atoms with E-state index in [1.54, 1.807) is 25.5 Å². The third kappa shape index (κ3) is 10.5.